The van der Waals surface area contributed by atoms with Gasteiger partial charge in [-0.2, -0.15) is 0 Å². The maximum atomic E-state index is 11.4. The molecule has 0 aliphatic carbocycles. The van der Waals surface area contributed by atoms with E-state index in [1.165, 1.54) is 37.9 Å². The van der Waals surface area contributed by atoms with Crippen LogP contribution in [0.25, 0.3) is 0 Å². The number of carbonyl (C=O) groups excluding carboxylic acids is 1. The Bertz CT molecular complexity index is 550. The van der Waals surface area contributed by atoms with Gasteiger partial charge in [0.05, 0.1) is 0 Å². The molecule has 2 aliphatic rings. The molecule has 1 amide bonds. The lowest BCUT2D eigenvalue weighted by atomic mass is 10.1. The Labute approximate surface area is 151 Å². The molecule has 1 aromatic rings. The van der Waals surface area contributed by atoms with E-state index < -0.39 is 0 Å². The predicted molar refractivity (Wildman–Crippen MR) is 99.8 cm³/mol. The van der Waals surface area contributed by atoms with Gasteiger partial charge in [0.15, 0.2) is 0 Å². The summed E-state index contributed by atoms with van der Waals surface area (Å²) in [5, 5.41) is 0. The number of likely N-dealkylation sites (tertiary alicyclic amines) is 1. The standard InChI is InChI=1S/C20H31N3O2/c1-18(24)23-12-10-22(11-13-23)17-19-6-5-7-20(16-19)25-15-14-21-8-3-2-4-9-21/h5-7,16H,2-4,8-15,17H2,1H3. The fraction of sp³-hybridized carbons (Fsp3) is 0.650. The number of ether oxygens (including phenoxy) is 1. The van der Waals surface area contributed by atoms with E-state index in [2.05, 4.69) is 28.0 Å². The maximum absolute atomic E-state index is 11.4. The highest BCUT2D eigenvalue weighted by molar-refractivity contribution is 5.73. The SMILES string of the molecule is CC(=O)N1CCN(Cc2cccc(OCCN3CCCCC3)c2)CC1. The molecule has 25 heavy (non-hydrogen) atoms. The number of nitrogens with zero attached hydrogens (tertiary/aromatic N) is 3. The highest BCUT2D eigenvalue weighted by Crippen LogP contribution is 2.16. The number of rotatable bonds is 6. The van der Waals surface area contributed by atoms with Crippen LogP contribution in [0.5, 0.6) is 5.75 Å². The van der Waals surface area contributed by atoms with E-state index in [1.54, 1.807) is 6.92 Å². The fourth-order valence-corrected chi connectivity index (χ4v) is 3.69. The van der Waals surface area contributed by atoms with E-state index in [-0.39, 0.29) is 5.91 Å². The molecule has 0 spiro atoms. The second-order valence-electron chi connectivity index (χ2n) is 7.18. The molecular formula is C20H31N3O2. The van der Waals surface area contributed by atoms with Crippen LogP contribution in [0.2, 0.25) is 0 Å². The fourth-order valence-electron chi connectivity index (χ4n) is 3.69. The minimum absolute atomic E-state index is 0.184. The third-order valence-corrected chi connectivity index (χ3v) is 5.25. The van der Waals surface area contributed by atoms with Crippen LogP contribution in [0.4, 0.5) is 0 Å². The molecule has 0 atom stereocenters. The lowest BCUT2D eigenvalue weighted by Gasteiger charge is -2.34. The van der Waals surface area contributed by atoms with E-state index in [0.29, 0.717) is 0 Å². The molecule has 0 saturated carbocycles. The van der Waals surface area contributed by atoms with Gasteiger partial charge in [-0.25, -0.2) is 0 Å². The molecule has 1 aromatic carbocycles. The Morgan fingerprint density at radius 1 is 1.00 bits per heavy atom. The lowest BCUT2D eigenvalue weighted by Crippen LogP contribution is -2.47. The highest BCUT2D eigenvalue weighted by Gasteiger charge is 2.18. The summed E-state index contributed by atoms with van der Waals surface area (Å²) in [6.07, 6.45) is 4.03. The van der Waals surface area contributed by atoms with Crippen molar-refractivity contribution in [3.63, 3.8) is 0 Å². The van der Waals surface area contributed by atoms with Gasteiger partial charge in [0.2, 0.25) is 5.91 Å². The molecule has 0 N–H and O–H groups in total. The van der Waals surface area contributed by atoms with Crippen molar-refractivity contribution in [1.29, 1.82) is 0 Å². The van der Waals surface area contributed by atoms with E-state index >= 15 is 0 Å². The number of amides is 1. The molecular weight excluding hydrogens is 314 g/mol. The van der Waals surface area contributed by atoms with Crippen LogP contribution in [0, 0.1) is 0 Å². The number of hydrogen-bond donors (Lipinski definition) is 0. The summed E-state index contributed by atoms with van der Waals surface area (Å²) in [6.45, 7) is 10.4. The molecule has 2 aliphatic heterocycles. The van der Waals surface area contributed by atoms with Crippen LogP contribution < -0.4 is 4.74 Å². The molecule has 0 aromatic heterocycles. The topological polar surface area (TPSA) is 36.0 Å². The second kappa shape index (κ2) is 9.20. The van der Waals surface area contributed by atoms with Crippen LogP contribution in [0.3, 0.4) is 0 Å². The Kier molecular flexibility index (Phi) is 6.70. The molecule has 0 bridgehead atoms. The van der Waals surface area contributed by atoms with Gasteiger partial charge in [-0.3, -0.25) is 14.6 Å². The van der Waals surface area contributed by atoms with Gasteiger partial charge in [-0.15, -0.1) is 0 Å². The summed E-state index contributed by atoms with van der Waals surface area (Å²) in [5.74, 6) is 1.15. The summed E-state index contributed by atoms with van der Waals surface area (Å²) in [4.78, 5) is 18.2. The van der Waals surface area contributed by atoms with Crippen molar-refractivity contribution in [2.45, 2.75) is 32.7 Å². The molecule has 0 radical (unpaired) electrons. The maximum Gasteiger partial charge on any atom is 0.219 e. The van der Waals surface area contributed by atoms with E-state index in [1.807, 2.05) is 11.0 Å². The van der Waals surface area contributed by atoms with Crippen LogP contribution in [-0.4, -0.2) is 73.0 Å². The van der Waals surface area contributed by atoms with Crippen molar-refractivity contribution < 1.29 is 9.53 Å². The monoisotopic (exact) mass is 345 g/mol. The van der Waals surface area contributed by atoms with Crippen molar-refractivity contribution in [2.24, 2.45) is 0 Å². The largest absolute Gasteiger partial charge is 0.492 e. The quantitative estimate of drug-likeness (QED) is 0.792. The zero-order chi connectivity index (χ0) is 17.5. The smallest absolute Gasteiger partial charge is 0.219 e. The molecule has 3 rings (SSSR count). The molecule has 5 nitrogen and oxygen atoms in total. The number of benzene rings is 1. The Balaban J connectivity index is 1.42. The van der Waals surface area contributed by atoms with Crippen molar-refractivity contribution >= 4 is 5.91 Å². The molecule has 2 fully saturated rings. The van der Waals surface area contributed by atoms with Gasteiger partial charge in [0.1, 0.15) is 12.4 Å². The van der Waals surface area contributed by atoms with Crippen LogP contribution in [0.15, 0.2) is 24.3 Å². The highest BCUT2D eigenvalue weighted by atomic mass is 16.5. The van der Waals surface area contributed by atoms with E-state index in [4.69, 9.17) is 4.74 Å². The minimum Gasteiger partial charge on any atom is -0.492 e. The number of piperazine rings is 1. The average Bonchev–Trinajstić information content (AvgIpc) is 2.63. The van der Waals surface area contributed by atoms with Gasteiger partial charge in [-0.1, -0.05) is 18.6 Å². The predicted octanol–water partition coefficient (Wildman–Crippen LogP) is 2.22. The first-order valence-corrected chi connectivity index (χ1v) is 9.63. The van der Waals surface area contributed by atoms with Crippen molar-refractivity contribution in [2.75, 3.05) is 52.4 Å². The Morgan fingerprint density at radius 3 is 2.48 bits per heavy atom. The molecule has 2 saturated heterocycles. The summed E-state index contributed by atoms with van der Waals surface area (Å²) >= 11 is 0. The van der Waals surface area contributed by atoms with Crippen molar-refractivity contribution in [1.82, 2.24) is 14.7 Å². The number of carbonyl (C=O) groups is 1. The van der Waals surface area contributed by atoms with E-state index in [0.717, 1.165) is 51.6 Å². The van der Waals surface area contributed by atoms with Gasteiger partial charge in [0, 0.05) is 46.2 Å². The van der Waals surface area contributed by atoms with E-state index in [9.17, 15) is 4.79 Å². The first kappa shape index (κ1) is 18.2. The Hall–Kier alpha value is -1.59. The van der Waals surface area contributed by atoms with Crippen LogP contribution >= 0.6 is 0 Å². The molecule has 2 heterocycles. The normalized spacial score (nSPS) is 19.8. The zero-order valence-corrected chi connectivity index (χ0v) is 15.5. The third-order valence-electron chi connectivity index (χ3n) is 5.25. The third kappa shape index (κ3) is 5.72. The van der Waals surface area contributed by atoms with Gasteiger partial charge < -0.3 is 9.64 Å². The molecule has 5 heteroatoms. The lowest BCUT2D eigenvalue weighted by molar-refractivity contribution is -0.130. The van der Waals surface area contributed by atoms with Crippen LogP contribution in [-0.2, 0) is 11.3 Å². The summed E-state index contributed by atoms with van der Waals surface area (Å²) < 4.78 is 5.97. The van der Waals surface area contributed by atoms with Gasteiger partial charge >= 0.3 is 0 Å². The molecule has 138 valence electrons. The number of piperidine rings is 1. The summed E-state index contributed by atoms with van der Waals surface area (Å²) in [7, 11) is 0. The average molecular weight is 345 g/mol. The number of hydrogen-bond acceptors (Lipinski definition) is 4. The van der Waals surface area contributed by atoms with Crippen LogP contribution in [0.1, 0.15) is 31.7 Å². The molecule has 0 unspecified atom stereocenters. The summed E-state index contributed by atoms with van der Waals surface area (Å²) in [5.41, 5.74) is 1.28. The summed E-state index contributed by atoms with van der Waals surface area (Å²) in [6, 6.07) is 8.45. The first-order chi connectivity index (χ1) is 12.2. The second-order valence-corrected chi connectivity index (χ2v) is 7.18. The zero-order valence-electron chi connectivity index (χ0n) is 15.5. The Morgan fingerprint density at radius 2 is 1.76 bits per heavy atom. The minimum atomic E-state index is 0.184. The van der Waals surface area contributed by atoms with Gasteiger partial charge in [0.25, 0.3) is 0 Å². The van der Waals surface area contributed by atoms with Crippen molar-refractivity contribution in [3.8, 4) is 5.75 Å². The van der Waals surface area contributed by atoms with Gasteiger partial charge in [-0.05, 0) is 43.6 Å². The first-order valence-electron chi connectivity index (χ1n) is 9.63. The van der Waals surface area contributed by atoms with Crippen molar-refractivity contribution in [3.05, 3.63) is 29.8 Å².